The molecule has 1 aromatic heterocycles. The molecule has 0 aromatic carbocycles. The number of rotatable bonds is 4. The first-order valence-corrected chi connectivity index (χ1v) is 6.40. The molecule has 110 valence electrons. The fourth-order valence-electron chi connectivity index (χ4n) is 2.18. The number of aryl methyl sites for hydroxylation is 1. The zero-order chi connectivity index (χ0) is 14.5. The first-order valence-electron chi connectivity index (χ1n) is 6.40. The maximum Gasteiger partial charge on any atom is 0.320 e. The van der Waals surface area contributed by atoms with Crippen molar-refractivity contribution in [3.63, 3.8) is 0 Å². The number of carbonyl (C=O) groups excluding carboxylic acids is 1. The number of alkyl halides is 2. The molecule has 1 aliphatic heterocycles. The summed E-state index contributed by atoms with van der Waals surface area (Å²) in [6, 6.07) is 1.09. The smallest absolute Gasteiger partial charge is 0.320 e. The molecule has 0 bridgehead atoms. The van der Waals surface area contributed by atoms with Crippen LogP contribution >= 0.6 is 0 Å². The third-order valence-corrected chi connectivity index (χ3v) is 3.02. The van der Waals surface area contributed by atoms with E-state index in [9.17, 15) is 13.6 Å². The number of anilines is 1. The minimum Gasteiger partial charge on any atom is -0.334 e. The van der Waals surface area contributed by atoms with Crippen LogP contribution in [0.3, 0.4) is 0 Å². The molecule has 1 aromatic rings. The Morgan fingerprint density at radius 1 is 1.60 bits per heavy atom. The number of nitrogens with zero attached hydrogens (tertiary/aromatic N) is 3. The normalized spacial score (nSPS) is 19.3. The molecule has 1 atom stereocenters. The van der Waals surface area contributed by atoms with Crippen LogP contribution in [0, 0.1) is 6.92 Å². The molecule has 8 heteroatoms. The molecule has 2 N–H and O–H groups in total. The number of amides is 2. The van der Waals surface area contributed by atoms with Gasteiger partial charge in [-0.25, -0.2) is 23.5 Å². The van der Waals surface area contributed by atoms with Crippen molar-refractivity contribution < 1.29 is 13.6 Å². The minimum atomic E-state index is -2.34. The molecular formula is C12H17F2N5O. The Kier molecular flexibility index (Phi) is 4.78. The fourth-order valence-corrected chi connectivity index (χ4v) is 2.18. The van der Waals surface area contributed by atoms with Gasteiger partial charge in [-0.3, -0.25) is 10.2 Å². The number of carbonyl (C=O) groups is 1. The Balaban J connectivity index is 1.78. The lowest BCUT2D eigenvalue weighted by atomic mass is 10.3. The SMILES string of the molecule is Cc1nccc(NC(=O)NC2CCN(CC(F)F)C2)n1. The highest BCUT2D eigenvalue weighted by Crippen LogP contribution is 2.11. The lowest BCUT2D eigenvalue weighted by Gasteiger charge is -2.16. The van der Waals surface area contributed by atoms with E-state index < -0.39 is 6.43 Å². The van der Waals surface area contributed by atoms with Crippen molar-refractivity contribution in [3.8, 4) is 0 Å². The Hall–Kier alpha value is -1.83. The molecule has 0 saturated carbocycles. The maximum absolute atomic E-state index is 12.2. The zero-order valence-electron chi connectivity index (χ0n) is 11.1. The number of nitrogens with one attached hydrogen (secondary N) is 2. The second kappa shape index (κ2) is 6.56. The Morgan fingerprint density at radius 2 is 2.40 bits per heavy atom. The van der Waals surface area contributed by atoms with Crippen LogP contribution in [-0.2, 0) is 0 Å². The summed E-state index contributed by atoms with van der Waals surface area (Å²) in [5.41, 5.74) is 0. The molecule has 0 spiro atoms. The highest BCUT2D eigenvalue weighted by Gasteiger charge is 2.25. The van der Waals surface area contributed by atoms with Gasteiger partial charge in [0.2, 0.25) is 0 Å². The largest absolute Gasteiger partial charge is 0.334 e. The van der Waals surface area contributed by atoms with E-state index >= 15 is 0 Å². The van der Waals surface area contributed by atoms with Crippen LogP contribution in [0.2, 0.25) is 0 Å². The lowest BCUT2D eigenvalue weighted by molar-refractivity contribution is 0.0988. The molecule has 1 fully saturated rings. The van der Waals surface area contributed by atoms with Crippen LogP contribution < -0.4 is 10.6 Å². The van der Waals surface area contributed by atoms with E-state index in [2.05, 4.69) is 20.6 Å². The van der Waals surface area contributed by atoms with Crippen molar-refractivity contribution in [3.05, 3.63) is 18.1 Å². The molecule has 1 unspecified atom stereocenters. The molecule has 20 heavy (non-hydrogen) atoms. The molecule has 6 nitrogen and oxygen atoms in total. The van der Waals surface area contributed by atoms with Gasteiger partial charge in [0.15, 0.2) is 0 Å². The van der Waals surface area contributed by atoms with E-state index in [1.807, 2.05) is 0 Å². The quantitative estimate of drug-likeness (QED) is 0.873. The van der Waals surface area contributed by atoms with Crippen LogP contribution in [0.15, 0.2) is 12.3 Å². The number of likely N-dealkylation sites (tertiary alicyclic amines) is 1. The van der Waals surface area contributed by atoms with E-state index in [1.165, 1.54) is 0 Å². The predicted molar refractivity (Wildman–Crippen MR) is 69.8 cm³/mol. The van der Waals surface area contributed by atoms with Crippen LogP contribution in [0.5, 0.6) is 0 Å². The van der Waals surface area contributed by atoms with E-state index in [0.29, 0.717) is 31.2 Å². The van der Waals surface area contributed by atoms with Gasteiger partial charge in [-0.2, -0.15) is 0 Å². The molecule has 0 radical (unpaired) electrons. The summed E-state index contributed by atoms with van der Waals surface area (Å²) in [4.78, 5) is 21.4. The monoisotopic (exact) mass is 285 g/mol. The van der Waals surface area contributed by atoms with Crippen LogP contribution in [0.25, 0.3) is 0 Å². The van der Waals surface area contributed by atoms with Crippen LogP contribution in [0.4, 0.5) is 19.4 Å². The fraction of sp³-hybridized carbons (Fsp3) is 0.583. The second-order valence-corrected chi connectivity index (χ2v) is 4.72. The van der Waals surface area contributed by atoms with Gasteiger partial charge in [-0.05, 0) is 19.4 Å². The molecule has 1 saturated heterocycles. The summed E-state index contributed by atoms with van der Waals surface area (Å²) in [6.07, 6.45) is -0.118. The van der Waals surface area contributed by atoms with Crippen molar-refractivity contribution in [1.29, 1.82) is 0 Å². The third-order valence-electron chi connectivity index (χ3n) is 3.02. The van der Waals surface area contributed by atoms with E-state index in [0.717, 1.165) is 0 Å². The van der Waals surface area contributed by atoms with Gasteiger partial charge in [-0.1, -0.05) is 0 Å². The average Bonchev–Trinajstić information content (AvgIpc) is 2.75. The van der Waals surface area contributed by atoms with E-state index in [1.54, 1.807) is 24.1 Å². The number of aromatic nitrogens is 2. The summed E-state index contributed by atoms with van der Waals surface area (Å²) in [7, 11) is 0. The summed E-state index contributed by atoms with van der Waals surface area (Å²) in [6.45, 7) is 2.50. The van der Waals surface area contributed by atoms with Gasteiger partial charge >= 0.3 is 6.03 Å². The standard InChI is InChI=1S/C12H17F2N5O/c1-8-15-4-2-11(16-8)18-12(20)17-9-3-5-19(6-9)7-10(13)14/h2,4,9-10H,3,5-7H2,1H3,(H2,15,16,17,18,20). The number of hydrogen-bond acceptors (Lipinski definition) is 4. The Labute approximate surface area is 115 Å². The zero-order valence-corrected chi connectivity index (χ0v) is 11.1. The lowest BCUT2D eigenvalue weighted by Crippen LogP contribution is -2.40. The Bertz CT molecular complexity index is 471. The molecular weight excluding hydrogens is 268 g/mol. The van der Waals surface area contributed by atoms with Crippen molar-refractivity contribution in [2.24, 2.45) is 0 Å². The summed E-state index contributed by atoms with van der Waals surface area (Å²) < 4.78 is 24.5. The van der Waals surface area contributed by atoms with Gasteiger partial charge in [0.05, 0.1) is 6.54 Å². The summed E-state index contributed by atoms with van der Waals surface area (Å²) >= 11 is 0. The molecule has 2 rings (SSSR count). The van der Waals surface area contributed by atoms with Crippen molar-refractivity contribution in [1.82, 2.24) is 20.2 Å². The minimum absolute atomic E-state index is 0.114. The van der Waals surface area contributed by atoms with Gasteiger partial charge < -0.3 is 5.32 Å². The Morgan fingerprint density at radius 3 is 3.10 bits per heavy atom. The molecule has 2 amide bonds. The van der Waals surface area contributed by atoms with Crippen molar-refractivity contribution in [2.45, 2.75) is 25.8 Å². The number of hydrogen-bond donors (Lipinski definition) is 2. The van der Waals surface area contributed by atoms with Gasteiger partial charge in [0.1, 0.15) is 11.6 Å². The first kappa shape index (κ1) is 14.6. The topological polar surface area (TPSA) is 70.2 Å². The predicted octanol–water partition coefficient (Wildman–Crippen LogP) is 1.25. The first-order chi connectivity index (χ1) is 9.52. The van der Waals surface area contributed by atoms with Crippen molar-refractivity contribution >= 4 is 11.8 Å². The van der Waals surface area contributed by atoms with Gasteiger partial charge in [-0.15, -0.1) is 0 Å². The molecule has 0 aliphatic carbocycles. The maximum atomic E-state index is 12.2. The second-order valence-electron chi connectivity index (χ2n) is 4.72. The van der Waals surface area contributed by atoms with Crippen molar-refractivity contribution in [2.75, 3.05) is 25.0 Å². The highest BCUT2D eigenvalue weighted by atomic mass is 19.3. The van der Waals surface area contributed by atoms with Gasteiger partial charge in [0, 0.05) is 25.3 Å². The number of halogens is 2. The third kappa shape index (κ3) is 4.37. The average molecular weight is 285 g/mol. The van der Waals surface area contributed by atoms with Gasteiger partial charge in [0.25, 0.3) is 6.43 Å². The number of urea groups is 1. The molecule has 1 aliphatic rings. The summed E-state index contributed by atoms with van der Waals surface area (Å²) in [5, 5.41) is 5.35. The molecule has 2 heterocycles. The van der Waals surface area contributed by atoms with Crippen LogP contribution in [-0.4, -0.2) is 53.0 Å². The van der Waals surface area contributed by atoms with Crippen LogP contribution in [0.1, 0.15) is 12.2 Å². The van der Waals surface area contributed by atoms with E-state index in [-0.39, 0.29) is 18.6 Å². The van der Waals surface area contributed by atoms with E-state index in [4.69, 9.17) is 0 Å². The highest BCUT2D eigenvalue weighted by molar-refractivity contribution is 5.88. The summed E-state index contributed by atoms with van der Waals surface area (Å²) in [5.74, 6) is 0.976.